The standard InChI is InChI=1S/C10H12FIN2O4/c11-7-5-9(13(1-3-15)2-4-16)10(14(17)18)6-8(7)12/h5-6,15-16H,1-4H2. The summed E-state index contributed by atoms with van der Waals surface area (Å²) in [7, 11) is 0. The maximum absolute atomic E-state index is 13.5. The Morgan fingerprint density at radius 3 is 2.33 bits per heavy atom. The first-order chi connectivity index (χ1) is 8.51. The van der Waals surface area contributed by atoms with E-state index in [9.17, 15) is 14.5 Å². The number of nitrogens with zero attached hydrogens (tertiary/aromatic N) is 2. The van der Waals surface area contributed by atoms with Crippen molar-refractivity contribution in [1.29, 1.82) is 0 Å². The van der Waals surface area contributed by atoms with Crippen molar-refractivity contribution in [3.8, 4) is 0 Å². The number of benzene rings is 1. The van der Waals surface area contributed by atoms with Crippen LogP contribution in [-0.2, 0) is 0 Å². The summed E-state index contributed by atoms with van der Waals surface area (Å²) >= 11 is 1.67. The highest BCUT2D eigenvalue weighted by molar-refractivity contribution is 14.1. The average Bonchev–Trinajstić information content (AvgIpc) is 2.31. The van der Waals surface area contributed by atoms with E-state index < -0.39 is 10.7 Å². The van der Waals surface area contributed by atoms with Crippen molar-refractivity contribution in [1.82, 2.24) is 0 Å². The molecular weight excluding hydrogens is 358 g/mol. The molecule has 1 rings (SSSR count). The van der Waals surface area contributed by atoms with Gasteiger partial charge >= 0.3 is 0 Å². The molecule has 0 radical (unpaired) electrons. The quantitative estimate of drug-likeness (QED) is 0.446. The van der Waals surface area contributed by atoms with Crippen LogP contribution in [0.4, 0.5) is 15.8 Å². The van der Waals surface area contributed by atoms with E-state index in [-0.39, 0.29) is 41.2 Å². The van der Waals surface area contributed by atoms with Crippen LogP contribution in [0, 0.1) is 19.5 Å². The minimum atomic E-state index is -0.612. The second kappa shape index (κ2) is 6.81. The van der Waals surface area contributed by atoms with Crippen LogP contribution >= 0.6 is 22.6 Å². The molecule has 8 heteroatoms. The molecule has 18 heavy (non-hydrogen) atoms. The van der Waals surface area contributed by atoms with Crippen molar-refractivity contribution in [3.63, 3.8) is 0 Å². The van der Waals surface area contributed by atoms with Crippen LogP contribution in [0.15, 0.2) is 12.1 Å². The third-order valence-corrected chi connectivity index (χ3v) is 3.12. The Hall–Kier alpha value is -1.00. The van der Waals surface area contributed by atoms with Crippen molar-refractivity contribution >= 4 is 34.0 Å². The zero-order valence-electron chi connectivity index (χ0n) is 9.34. The van der Waals surface area contributed by atoms with E-state index in [0.29, 0.717) is 0 Å². The molecule has 2 N–H and O–H groups in total. The minimum absolute atomic E-state index is 0.0565. The van der Waals surface area contributed by atoms with E-state index in [1.165, 1.54) is 4.90 Å². The molecule has 6 nitrogen and oxygen atoms in total. The van der Waals surface area contributed by atoms with Gasteiger partial charge in [-0.25, -0.2) is 4.39 Å². The molecule has 1 aromatic carbocycles. The molecule has 0 spiro atoms. The molecule has 0 bridgehead atoms. The summed E-state index contributed by atoms with van der Waals surface area (Å²) in [4.78, 5) is 11.7. The first kappa shape index (κ1) is 15.1. The fourth-order valence-electron chi connectivity index (χ4n) is 1.52. The minimum Gasteiger partial charge on any atom is -0.395 e. The Bertz CT molecular complexity index is 438. The van der Waals surface area contributed by atoms with E-state index >= 15 is 0 Å². The number of hydrogen-bond acceptors (Lipinski definition) is 5. The second-order valence-electron chi connectivity index (χ2n) is 3.45. The Balaban J connectivity index is 3.25. The SMILES string of the molecule is O=[N+]([O-])c1cc(I)c(F)cc1N(CCO)CCO. The lowest BCUT2D eigenvalue weighted by Crippen LogP contribution is -2.30. The Morgan fingerprint density at radius 1 is 1.33 bits per heavy atom. The molecule has 0 atom stereocenters. The van der Waals surface area contributed by atoms with Gasteiger partial charge in [0.05, 0.1) is 21.7 Å². The topological polar surface area (TPSA) is 86.8 Å². The molecule has 0 aliphatic carbocycles. The summed E-state index contributed by atoms with van der Waals surface area (Å²) in [6, 6.07) is 2.18. The molecule has 100 valence electrons. The van der Waals surface area contributed by atoms with Crippen molar-refractivity contribution in [2.45, 2.75) is 0 Å². The molecule has 0 fully saturated rings. The third kappa shape index (κ3) is 3.50. The lowest BCUT2D eigenvalue weighted by Gasteiger charge is -2.22. The summed E-state index contributed by atoms with van der Waals surface area (Å²) in [6.07, 6.45) is 0. The van der Waals surface area contributed by atoms with E-state index in [4.69, 9.17) is 10.2 Å². The van der Waals surface area contributed by atoms with Gasteiger partial charge in [-0.1, -0.05) is 0 Å². The van der Waals surface area contributed by atoms with Crippen LogP contribution < -0.4 is 4.90 Å². The number of nitro benzene ring substituents is 1. The predicted octanol–water partition coefficient (Wildman–Crippen LogP) is 1.13. The normalized spacial score (nSPS) is 10.4. The van der Waals surface area contributed by atoms with Gasteiger partial charge in [-0.2, -0.15) is 0 Å². The van der Waals surface area contributed by atoms with Gasteiger partial charge in [0.2, 0.25) is 0 Å². The summed E-state index contributed by atoms with van der Waals surface area (Å²) < 4.78 is 13.6. The number of hydrogen-bond donors (Lipinski definition) is 2. The number of anilines is 1. The van der Waals surface area contributed by atoms with E-state index in [2.05, 4.69) is 0 Å². The maximum atomic E-state index is 13.5. The predicted molar refractivity (Wildman–Crippen MR) is 72.2 cm³/mol. The molecule has 1 aromatic rings. The van der Waals surface area contributed by atoms with Crippen molar-refractivity contribution in [3.05, 3.63) is 31.6 Å². The summed E-state index contributed by atoms with van der Waals surface area (Å²) in [6.45, 7) is -0.321. The first-order valence-electron chi connectivity index (χ1n) is 5.11. The van der Waals surface area contributed by atoms with E-state index in [1.54, 1.807) is 22.6 Å². The number of rotatable bonds is 6. The van der Waals surface area contributed by atoms with Gasteiger partial charge in [-0.15, -0.1) is 0 Å². The smallest absolute Gasteiger partial charge is 0.293 e. The van der Waals surface area contributed by atoms with Gasteiger partial charge in [-0.3, -0.25) is 10.1 Å². The molecular formula is C10H12FIN2O4. The zero-order chi connectivity index (χ0) is 13.7. The van der Waals surface area contributed by atoms with Crippen LogP contribution in [0.1, 0.15) is 0 Å². The first-order valence-corrected chi connectivity index (χ1v) is 6.19. The number of aliphatic hydroxyl groups is 2. The maximum Gasteiger partial charge on any atom is 0.293 e. The summed E-state index contributed by atoms with van der Waals surface area (Å²) in [5, 5.41) is 28.7. The van der Waals surface area contributed by atoms with Gasteiger partial charge in [0.15, 0.2) is 0 Å². The molecule has 0 heterocycles. The van der Waals surface area contributed by atoms with Crippen LogP contribution in [0.25, 0.3) is 0 Å². The highest BCUT2D eigenvalue weighted by Crippen LogP contribution is 2.31. The van der Waals surface area contributed by atoms with Gasteiger partial charge < -0.3 is 15.1 Å². The molecule has 0 aliphatic rings. The Morgan fingerprint density at radius 2 is 1.89 bits per heavy atom. The van der Waals surface area contributed by atoms with Crippen molar-refractivity contribution in [2.24, 2.45) is 0 Å². The average molecular weight is 370 g/mol. The lowest BCUT2D eigenvalue weighted by molar-refractivity contribution is -0.384. The van der Waals surface area contributed by atoms with Gasteiger partial charge in [0.1, 0.15) is 11.5 Å². The van der Waals surface area contributed by atoms with E-state index in [0.717, 1.165) is 12.1 Å². The zero-order valence-corrected chi connectivity index (χ0v) is 11.5. The largest absolute Gasteiger partial charge is 0.395 e. The molecule has 0 aliphatic heterocycles. The monoisotopic (exact) mass is 370 g/mol. The Labute approximate surface area is 116 Å². The van der Waals surface area contributed by atoms with E-state index in [1.807, 2.05) is 0 Å². The molecule has 0 amide bonds. The third-order valence-electron chi connectivity index (χ3n) is 2.29. The Kier molecular flexibility index (Phi) is 5.69. The fraction of sp³-hybridized carbons (Fsp3) is 0.400. The van der Waals surface area contributed by atoms with Crippen LogP contribution in [0.3, 0.4) is 0 Å². The molecule has 0 unspecified atom stereocenters. The molecule has 0 saturated heterocycles. The molecule has 0 saturated carbocycles. The number of nitro groups is 1. The number of aliphatic hydroxyl groups excluding tert-OH is 2. The second-order valence-corrected chi connectivity index (χ2v) is 4.61. The number of halogens is 2. The lowest BCUT2D eigenvalue weighted by atomic mass is 10.2. The molecule has 0 aromatic heterocycles. The van der Waals surface area contributed by atoms with Crippen LogP contribution in [0.5, 0.6) is 0 Å². The van der Waals surface area contributed by atoms with Gasteiger partial charge in [0.25, 0.3) is 5.69 Å². The summed E-state index contributed by atoms with van der Waals surface area (Å²) in [5.41, 5.74) is -0.191. The summed E-state index contributed by atoms with van der Waals surface area (Å²) in [5.74, 6) is -0.572. The fourth-order valence-corrected chi connectivity index (χ4v) is 1.97. The van der Waals surface area contributed by atoms with Gasteiger partial charge in [-0.05, 0) is 22.6 Å². The van der Waals surface area contributed by atoms with Crippen LogP contribution in [0.2, 0.25) is 0 Å². The van der Waals surface area contributed by atoms with Crippen molar-refractivity contribution in [2.75, 3.05) is 31.2 Å². The highest BCUT2D eigenvalue weighted by Gasteiger charge is 2.21. The van der Waals surface area contributed by atoms with Gasteiger partial charge in [0, 0.05) is 25.2 Å². The van der Waals surface area contributed by atoms with Crippen LogP contribution in [-0.4, -0.2) is 41.4 Å². The highest BCUT2D eigenvalue weighted by atomic mass is 127. The van der Waals surface area contributed by atoms with Crippen molar-refractivity contribution < 1.29 is 19.5 Å².